The summed E-state index contributed by atoms with van der Waals surface area (Å²) in [5, 5.41) is 5.94. The van der Waals surface area contributed by atoms with Crippen LogP contribution in [0.15, 0.2) is 47.6 Å². The van der Waals surface area contributed by atoms with Gasteiger partial charge < -0.3 is 5.32 Å². The van der Waals surface area contributed by atoms with E-state index in [1.165, 1.54) is 36.4 Å². The van der Waals surface area contributed by atoms with Crippen molar-refractivity contribution < 1.29 is 18.4 Å². The maximum Gasteiger partial charge on any atom is 0.259 e. The summed E-state index contributed by atoms with van der Waals surface area (Å²) >= 11 is 5.79. The van der Waals surface area contributed by atoms with Crippen LogP contribution in [-0.4, -0.2) is 24.6 Å². The van der Waals surface area contributed by atoms with E-state index in [9.17, 15) is 18.4 Å². The number of halogens is 3. The summed E-state index contributed by atoms with van der Waals surface area (Å²) in [5.74, 6) is -2.68. The highest BCUT2D eigenvalue weighted by atomic mass is 35.5. The van der Waals surface area contributed by atoms with Crippen molar-refractivity contribution in [1.29, 1.82) is 0 Å². The molecule has 0 unspecified atom stereocenters. The Labute approximate surface area is 141 Å². The highest BCUT2D eigenvalue weighted by Gasteiger charge is 2.11. The van der Waals surface area contributed by atoms with Crippen molar-refractivity contribution in [3.63, 3.8) is 0 Å². The smallest absolute Gasteiger partial charge is 0.259 e. The number of nitrogens with one attached hydrogen (secondary N) is 2. The number of carbonyl (C=O) groups excluding carboxylic acids is 2. The molecule has 2 aromatic carbocycles. The molecular formula is C16H12ClF2N3O2. The number of rotatable bonds is 5. The van der Waals surface area contributed by atoms with Crippen molar-refractivity contribution in [3.8, 4) is 0 Å². The van der Waals surface area contributed by atoms with Gasteiger partial charge >= 0.3 is 0 Å². The summed E-state index contributed by atoms with van der Waals surface area (Å²) in [6.07, 6.45) is 1.05. The lowest BCUT2D eigenvalue weighted by atomic mass is 10.2. The molecule has 0 aromatic heterocycles. The molecule has 8 heteroatoms. The first-order valence-corrected chi connectivity index (χ1v) is 7.15. The molecule has 2 N–H and O–H groups in total. The predicted octanol–water partition coefficient (Wildman–Crippen LogP) is 2.50. The molecule has 0 heterocycles. The Kier molecular flexibility index (Phi) is 5.97. The Morgan fingerprint density at radius 3 is 2.50 bits per heavy atom. The second-order valence-electron chi connectivity index (χ2n) is 4.59. The topological polar surface area (TPSA) is 70.6 Å². The molecule has 0 atom stereocenters. The highest BCUT2D eigenvalue weighted by Crippen LogP contribution is 2.16. The molecule has 0 aliphatic heterocycles. The van der Waals surface area contributed by atoms with Gasteiger partial charge in [0.1, 0.15) is 11.6 Å². The molecule has 2 rings (SSSR count). The van der Waals surface area contributed by atoms with Crippen molar-refractivity contribution in [2.45, 2.75) is 0 Å². The second kappa shape index (κ2) is 8.16. The van der Waals surface area contributed by atoms with E-state index in [4.69, 9.17) is 11.6 Å². The van der Waals surface area contributed by atoms with Crippen LogP contribution in [0.4, 0.5) is 8.78 Å². The van der Waals surface area contributed by atoms with Gasteiger partial charge in [0.2, 0.25) is 0 Å². The number of amides is 2. The first-order chi connectivity index (χ1) is 11.5. The lowest BCUT2D eigenvalue weighted by Gasteiger charge is -2.05. The van der Waals surface area contributed by atoms with E-state index in [1.807, 2.05) is 0 Å². The fourth-order valence-electron chi connectivity index (χ4n) is 1.74. The van der Waals surface area contributed by atoms with E-state index < -0.39 is 30.0 Å². The van der Waals surface area contributed by atoms with Gasteiger partial charge in [-0.25, -0.2) is 14.2 Å². The lowest BCUT2D eigenvalue weighted by molar-refractivity contribution is -0.120. The molecule has 0 spiro atoms. The number of hydrogen-bond donors (Lipinski definition) is 2. The zero-order chi connectivity index (χ0) is 17.5. The molecule has 0 saturated carbocycles. The molecule has 0 radical (unpaired) electrons. The lowest BCUT2D eigenvalue weighted by Crippen LogP contribution is -2.35. The molecule has 124 valence electrons. The third-order valence-corrected chi connectivity index (χ3v) is 3.24. The summed E-state index contributed by atoms with van der Waals surface area (Å²) in [6.45, 7) is -0.421. The number of benzene rings is 2. The average molecular weight is 352 g/mol. The van der Waals surface area contributed by atoms with Gasteiger partial charge in [-0.1, -0.05) is 29.8 Å². The summed E-state index contributed by atoms with van der Waals surface area (Å²) in [5.41, 5.74) is 1.95. The van der Waals surface area contributed by atoms with Crippen LogP contribution in [0.3, 0.4) is 0 Å². The Bertz CT molecular complexity index is 776. The Balaban J connectivity index is 1.87. The first-order valence-electron chi connectivity index (χ1n) is 6.77. The van der Waals surface area contributed by atoms with Crippen LogP contribution in [0.5, 0.6) is 0 Å². The molecular weight excluding hydrogens is 340 g/mol. The zero-order valence-electron chi connectivity index (χ0n) is 12.2. The van der Waals surface area contributed by atoms with E-state index in [-0.39, 0.29) is 16.1 Å². The fourth-order valence-corrected chi connectivity index (χ4v) is 1.96. The highest BCUT2D eigenvalue weighted by molar-refractivity contribution is 6.33. The minimum atomic E-state index is -0.732. The van der Waals surface area contributed by atoms with Gasteiger partial charge in [0.15, 0.2) is 0 Å². The van der Waals surface area contributed by atoms with Gasteiger partial charge in [-0.3, -0.25) is 9.59 Å². The maximum absolute atomic E-state index is 13.5. The van der Waals surface area contributed by atoms with Crippen LogP contribution in [0, 0.1) is 11.6 Å². The van der Waals surface area contributed by atoms with Crippen molar-refractivity contribution >= 4 is 29.6 Å². The van der Waals surface area contributed by atoms with Gasteiger partial charge in [0, 0.05) is 5.56 Å². The van der Waals surface area contributed by atoms with Crippen LogP contribution in [0.1, 0.15) is 15.9 Å². The van der Waals surface area contributed by atoms with E-state index >= 15 is 0 Å². The summed E-state index contributed by atoms with van der Waals surface area (Å²) in [4.78, 5) is 23.3. The van der Waals surface area contributed by atoms with Crippen molar-refractivity contribution in [3.05, 3.63) is 70.2 Å². The number of nitrogens with zero attached hydrogens (tertiary/aromatic N) is 1. The fraction of sp³-hybridized carbons (Fsp3) is 0.0625. The average Bonchev–Trinajstić information content (AvgIpc) is 2.56. The number of hydrogen-bond acceptors (Lipinski definition) is 3. The SMILES string of the molecule is O=C(CNC(=O)c1ccccc1F)N/N=C\c1c(F)cccc1Cl. The molecule has 0 aliphatic rings. The van der Waals surface area contributed by atoms with Crippen molar-refractivity contribution in [1.82, 2.24) is 10.7 Å². The molecule has 0 saturated heterocycles. The van der Waals surface area contributed by atoms with Crippen LogP contribution < -0.4 is 10.7 Å². The Morgan fingerprint density at radius 2 is 1.79 bits per heavy atom. The van der Waals surface area contributed by atoms with E-state index in [1.54, 1.807) is 0 Å². The molecule has 0 bridgehead atoms. The Morgan fingerprint density at radius 1 is 1.08 bits per heavy atom. The van der Waals surface area contributed by atoms with Crippen LogP contribution in [0.25, 0.3) is 0 Å². The number of carbonyl (C=O) groups is 2. The van der Waals surface area contributed by atoms with E-state index in [0.717, 1.165) is 12.3 Å². The van der Waals surface area contributed by atoms with Crippen molar-refractivity contribution in [2.24, 2.45) is 5.10 Å². The molecule has 0 fully saturated rings. The third-order valence-electron chi connectivity index (χ3n) is 2.91. The number of hydrazone groups is 1. The van der Waals surface area contributed by atoms with E-state index in [0.29, 0.717) is 0 Å². The molecule has 5 nitrogen and oxygen atoms in total. The monoisotopic (exact) mass is 351 g/mol. The van der Waals surface area contributed by atoms with Crippen LogP contribution in [-0.2, 0) is 4.79 Å². The van der Waals surface area contributed by atoms with Gasteiger partial charge in [0.25, 0.3) is 11.8 Å². The third kappa shape index (κ3) is 4.60. The molecule has 0 aliphatic carbocycles. The largest absolute Gasteiger partial charge is 0.343 e. The van der Waals surface area contributed by atoms with Gasteiger partial charge in [-0.05, 0) is 24.3 Å². The normalized spacial score (nSPS) is 10.6. The summed E-state index contributed by atoms with van der Waals surface area (Å²) in [7, 11) is 0. The molecule has 2 aromatic rings. The maximum atomic E-state index is 13.5. The molecule has 2 amide bonds. The molecule has 24 heavy (non-hydrogen) atoms. The van der Waals surface area contributed by atoms with Gasteiger partial charge in [-0.15, -0.1) is 0 Å². The first kappa shape index (κ1) is 17.6. The quantitative estimate of drug-likeness (QED) is 0.642. The zero-order valence-corrected chi connectivity index (χ0v) is 13.0. The van der Waals surface area contributed by atoms with Crippen LogP contribution >= 0.6 is 11.6 Å². The van der Waals surface area contributed by atoms with Gasteiger partial charge in [-0.2, -0.15) is 5.10 Å². The van der Waals surface area contributed by atoms with E-state index in [2.05, 4.69) is 15.8 Å². The minimum absolute atomic E-state index is 0.0230. The summed E-state index contributed by atoms with van der Waals surface area (Å²) < 4.78 is 26.9. The Hall–Kier alpha value is -2.80. The van der Waals surface area contributed by atoms with Crippen LogP contribution in [0.2, 0.25) is 5.02 Å². The minimum Gasteiger partial charge on any atom is -0.343 e. The summed E-state index contributed by atoms with van der Waals surface area (Å²) in [6, 6.07) is 9.48. The standard InChI is InChI=1S/C16H12ClF2N3O2/c17-12-5-3-7-14(19)11(12)8-21-22-15(23)9-20-16(24)10-4-1-2-6-13(10)18/h1-8H,9H2,(H,20,24)(H,22,23)/b21-8-. The second-order valence-corrected chi connectivity index (χ2v) is 5.00. The van der Waals surface area contributed by atoms with Gasteiger partial charge in [0.05, 0.1) is 23.3 Å². The van der Waals surface area contributed by atoms with Crippen molar-refractivity contribution in [2.75, 3.05) is 6.54 Å². The predicted molar refractivity (Wildman–Crippen MR) is 85.9 cm³/mol.